The number of ketones is 1. The number of hydrogen-bond donors (Lipinski definition) is 1. The molecular formula is C21H20N2O3. The van der Waals surface area contributed by atoms with Crippen LogP contribution >= 0.6 is 0 Å². The Balaban J connectivity index is 1.55. The molecule has 3 aromatic rings. The molecule has 26 heavy (non-hydrogen) atoms. The first-order valence-electron chi connectivity index (χ1n) is 8.60. The van der Waals surface area contributed by atoms with Gasteiger partial charge in [0.2, 0.25) is 11.8 Å². The van der Waals surface area contributed by atoms with Gasteiger partial charge in [0.1, 0.15) is 5.69 Å². The van der Waals surface area contributed by atoms with Gasteiger partial charge < -0.3 is 4.52 Å². The summed E-state index contributed by atoms with van der Waals surface area (Å²) >= 11 is 0. The number of anilines is 1. The van der Waals surface area contributed by atoms with Crippen molar-refractivity contribution in [3.05, 3.63) is 71.8 Å². The third-order valence-electron chi connectivity index (χ3n) is 4.11. The van der Waals surface area contributed by atoms with Gasteiger partial charge in [-0.05, 0) is 12.0 Å². The number of hydrogen-bond acceptors (Lipinski definition) is 4. The zero-order valence-corrected chi connectivity index (χ0v) is 14.6. The molecule has 0 unspecified atom stereocenters. The molecule has 0 fully saturated rings. The molecule has 1 aromatic heterocycles. The number of aryl methyl sites for hydroxylation is 1. The Morgan fingerprint density at radius 3 is 2.42 bits per heavy atom. The van der Waals surface area contributed by atoms with Gasteiger partial charge in [0.15, 0.2) is 5.78 Å². The second-order valence-corrected chi connectivity index (χ2v) is 5.96. The van der Waals surface area contributed by atoms with Crippen LogP contribution in [0.3, 0.4) is 0 Å². The second-order valence-electron chi connectivity index (χ2n) is 5.96. The fraction of sp³-hybridized carbons (Fsp3) is 0.190. The van der Waals surface area contributed by atoms with Gasteiger partial charge in [0.25, 0.3) is 0 Å². The molecule has 5 nitrogen and oxygen atoms in total. The van der Waals surface area contributed by atoms with Gasteiger partial charge >= 0.3 is 0 Å². The molecule has 1 heterocycles. The fourth-order valence-corrected chi connectivity index (χ4v) is 2.58. The Bertz CT molecular complexity index is 883. The lowest BCUT2D eigenvalue weighted by Gasteiger charge is -2.01. The van der Waals surface area contributed by atoms with Crippen LogP contribution in [-0.4, -0.2) is 16.8 Å². The molecule has 0 aliphatic rings. The van der Waals surface area contributed by atoms with E-state index in [1.54, 1.807) is 30.3 Å². The summed E-state index contributed by atoms with van der Waals surface area (Å²) in [5.74, 6) is -0.0648. The standard InChI is InChI=1S/C21H20N2O3/c1-2-15-8-10-16(11-9-15)18-14-21(26-23-18)22-20(25)13-12-19(24)17-6-4-3-5-7-17/h3-11,14H,2,12-13H2,1H3,(H,22,25). The normalized spacial score (nSPS) is 10.5. The highest BCUT2D eigenvalue weighted by Gasteiger charge is 2.12. The van der Waals surface area contributed by atoms with E-state index in [0.29, 0.717) is 11.3 Å². The van der Waals surface area contributed by atoms with E-state index >= 15 is 0 Å². The van der Waals surface area contributed by atoms with Gasteiger partial charge in [-0.15, -0.1) is 0 Å². The van der Waals surface area contributed by atoms with Crippen LogP contribution in [0.25, 0.3) is 11.3 Å². The van der Waals surface area contributed by atoms with Gasteiger partial charge in [0.05, 0.1) is 0 Å². The lowest BCUT2D eigenvalue weighted by Crippen LogP contribution is -2.13. The first kappa shape index (κ1) is 17.6. The van der Waals surface area contributed by atoms with Crippen LogP contribution in [0.4, 0.5) is 5.88 Å². The molecule has 0 saturated carbocycles. The quantitative estimate of drug-likeness (QED) is 0.638. The van der Waals surface area contributed by atoms with Crippen LogP contribution in [0.15, 0.2) is 65.2 Å². The van der Waals surface area contributed by atoms with Gasteiger partial charge in [-0.1, -0.05) is 66.7 Å². The molecule has 0 atom stereocenters. The minimum absolute atomic E-state index is 0.0602. The maximum atomic E-state index is 12.0. The molecule has 0 radical (unpaired) electrons. The van der Waals surface area contributed by atoms with Crippen LogP contribution in [0.5, 0.6) is 0 Å². The average Bonchev–Trinajstić information content (AvgIpc) is 3.15. The summed E-state index contributed by atoms with van der Waals surface area (Å²) in [6, 6.07) is 18.6. The molecule has 0 aliphatic heterocycles. The third-order valence-corrected chi connectivity index (χ3v) is 4.11. The SMILES string of the molecule is CCc1ccc(-c2cc(NC(=O)CCC(=O)c3ccccc3)on2)cc1. The minimum Gasteiger partial charge on any atom is -0.338 e. The number of rotatable bonds is 7. The number of benzene rings is 2. The van der Waals surface area contributed by atoms with Crippen LogP contribution in [-0.2, 0) is 11.2 Å². The van der Waals surface area contributed by atoms with E-state index in [0.717, 1.165) is 12.0 Å². The summed E-state index contributed by atoms with van der Waals surface area (Å²) in [7, 11) is 0. The van der Waals surface area contributed by atoms with Crippen molar-refractivity contribution < 1.29 is 14.1 Å². The van der Waals surface area contributed by atoms with Crippen LogP contribution in [0.2, 0.25) is 0 Å². The first-order chi connectivity index (χ1) is 12.7. The Labute approximate surface area is 152 Å². The minimum atomic E-state index is -0.279. The highest BCUT2D eigenvalue weighted by Crippen LogP contribution is 2.22. The average molecular weight is 348 g/mol. The molecule has 1 N–H and O–H groups in total. The van der Waals surface area contributed by atoms with Gasteiger partial charge in [-0.2, -0.15) is 0 Å². The van der Waals surface area contributed by atoms with E-state index in [1.807, 2.05) is 30.3 Å². The van der Waals surface area contributed by atoms with Crippen molar-refractivity contribution in [2.75, 3.05) is 5.32 Å². The summed E-state index contributed by atoms with van der Waals surface area (Å²) in [5, 5.41) is 6.62. The summed E-state index contributed by atoms with van der Waals surface area (Å²) in [6.07, 6.45) is 1.21. The van der Waals surface area contributed by atoms with Crippen molar-refractivity contribution in [1.82, 2.24) is 5.16 Å². The Hall–Kier alpha value is -3.21. The van der Waals surface area contributed by atoms with Gasteiger partial charge in [-0.25, -0.2) is 0 Å². The molecule has 1 amide bonds. The Kier molecular flexibility index (Phi) is 5.59. The summed E-state index contributed by atoms with van der Waals surface area (Å²) in [6.45, 7) is 2.10. The van der Waals surface area contributed by atoms with Crippen LogP contribution < -0.4 is 5.32 Å². The summed E-state index contributed by atoms with van der Waals surface area (Å²) < 4.78 is 5.17. The number of nitrogens with one attached hydrogen (secondary N) is 1. The topological polar surface area (TPSA) is 72.2 Å². The summed E-state index contributed by atoms with van der Waals surface area (Å²) in [4.78, 5) is 24.1. The largest absolute Gasteiger partial charge is 0.338 e. The number of aromatic nitrogens is 1. The zero-order valence-electron chi connectivity index (χ0n) is 14.6. The highest BCUT2D eigenvalue weighted by atomic mass is 16.5. The van der Waals surface area contributed by atoms with E-state index in [1.165, 1.54) is 5.56 Å². The molecule has 0 bridgehead atoms. The molecule has 2 aromatic carbocycles. The van der Waals surface area contributed by atoms with E-state index in [-0.39, 0.29) is 30.4 Å². The van der Waals surface area contributed by atoms with Crippen molar-refractivity contribution in [3.63, 3.8) is 0 Å². The van der Waals surface area contributed by atoms with E-state index < -0.39 is 0 Å². The third kappa shape index (κ3) is 4.45. The number of carbonyl (C=O) groups excluding carboxylic acids is 2. The molecule has 0 spiro atoms. The maximum Gasteiger partial charge on any atom is 0.231 e. The first-order valence-corrected chi connectivity index (χ1v) is 8.60. The lowest BCUT2D eigenvalue weighted by atomic mass is 10.1. The van der Waals surface area contributed by atoms with Crippen molar-refractivity contribution in [2.45, 2.75) is 26.2 Å². The molecule has 132 valence electrons. The molecule has 5 heteroatoms. The zero-order chi connectivity index (χ0) is 18.4. The molecular weight excluding hydrogens is 328 g/mol. The number of nitrogens with zero attached hydrogens (tertiary/aromatic N) is 1. The van der Waals surface area contributed by atoms with E-state index in [9.17, 15) is 9.59 Å². The fourth-order valence-electron chi connectivity index (χ4n) is 2.58. The van der Waals surface area contributed by atoms with Gasteiger partial charge in [0, 0.05) is 30.0 Å². The predicted molar refractivity (Wildman–Crippen MR) is 100.0 cm³/mol. The van der Waals surface area contributed by atoms with Crippen molar-refractivity contribution >= 4 is 17.6 Å². The monoisotopic (exact) mass is 348 g/mol. The smallest absolute Gasteiger partial charge is 0.231 e. The lowest BCUT2D eigenvalue weighted by molar-refractivity contribution is -0.116. The highest BCUT2D eigenvalue weighted by molar-refractivity contribution is 5.99. The second kappa shape index (κ2) is 8.25. The maximum absolute atomic E-state index is 12.0. The number of amides is 1. The molecule has 0 saturated heterocycles. The molecule has 0 aliphatic carbocycles. The molecule has 3 rings (SSSR count). The van der Waals surface area contributed by atoms with E-state index in [4.69, 9.17) is 4.52 Å². The van der Waals surface area contributed by atoms with Crippen molar-refractivity contribution in [3.8, 4) is 11.3 Å². The Morgan fingerprint density at radius 2 is 1.73 bits per heavy atom. The van der Waals surface area contributed by atoms with E-state index in [2.05, 4.69) is 17.4 Å². The van der Waals surface area contributed by atoms with Crippen LogP contribution in [0.1, 0.15) is 35.7 Å². The van der Waals surface area contributed by atoms with Crippen molar-refractivity contribution in [1.29, 1.82) is 0 Å². The van der Waals surface area contributed by atoms with Crippen LogP contribution in [0, 0.1) is 0 Å². The number of carbonyl (C=O) groups is 2. The summed E-state index contributed by atoms with van der Waals surface area (Å²) in [5.41, 5.74) is 3.43. The number of Topliss-reactive ketones (excluding diaryl/α,β-unsaturated/α-hetero) is 1. The van der Waals surface area contributed by atoms with Gasteiger partial charge in [-0.3, -0.25) is 14.9 Å². The Morgan fingerprint density at radius 1 is 1.00 bits per heavy atom. The predicted octanol–water partition coefficient (Wildman–Crippen LogP) is 4.51. The van der Waals surface area contributed by atoms with Crippen molar-refractivity contribution in [2.24, 2.45) is 0 Å².